The summed E-state index contributed by atoms with van der Waals surface area (Å²) in [7, 11) is 0. The molecule has 0 aromatic carbocycles. The Morgan fingerprint density at radius 3 is 2.83 bits per heavy atom. The Kier molecular flexibility index (Phi) is 3.53. The van der Waals surface area contributed by atoms with Crippen LogP contribution in [-0.2, 0) is 0 Å². The average molecular weight is 171 g/mol. The molecule has 2 heteroatoms. The van der Waals surface area contributed by atoms with E-state index in [1.807, 2.05) is 0 Å². The lowest BCUT2D eigenvalue weighted by Gasteiger charge is -2.27. The molecule has 0 radical (unpaired) electrons. The zero-order valence-electron chi connectivity index (χ0n) is 8.27. The monoisotopic (exact) mass is 171 g/mol. The Morgan fingerprint density at radius 2 is 2.33 bits per heavy atom. The highest BCUT2D eigenvalue weighted by Crippen LogP contribution is 2.34. The van der Waals surface area contributed by atoms with Crippen LogP contribution >= 0.6 is 0 Å². The summed E-state index contributed by atoms with van der Waals surface area (Å²) in [5.74, 6) is 0.474. The van der Waals surface area contributed by atoms with Crippen molar-refractivity contribution in [3.63, 3.8) is 0 Å². The maximum Gasteiger partial charge on any atom is 0.0796 e. The second kappa shape index (κ2) is 4.24. The highest BCUT2D eigenvalue weighted by atomic mass is 16.3. The summed E-state index contributed by atoms with van der Waals surface area (Å²) in [4.78, 5) is 0. The van der Waals surface area contributed by atoms with E-state index in [9.17, 15) is 5.11 Å². The third-order valence-corrected chi connectivity index (χ3v) is 3.02. The molecular weight excluding hydrogens is 150 g/mol. The molecule has 12 heavy (non-hydrogen) atoms. The molecule has 1 saturated carbocycles. The van der Waals surface area contributed by atoms with E-state index in [1.54, 1.807) is 0 Å². The Hall–Kier alpha value is -0.0800. The van der Waals surface area contributed by atoms with Gasteiger partial charge in [-0.2, -0.15) is 0 Å². The van der Waals surface area contributed by atoms with Gasteiger partial charge in [0, 0.05) is 6.54 Å². The van der Waals surface area contributed by atoms with Gasteiger partial charge < -0.3 is 10.4 Å². The average Bonchev–Trinajstić information content (AvgIpc) is 2.34. The minimum Gasteiger partial charge on any atom is -0.388 e. The number of hydrogen-bond donors (Lipinski definition) is 2. The first-order valence-corrected chi connectivity index (χ1v) is 5.12. The van der Waals surface area contributed by atoms with E-state index in [1.165, 1.54) is 12.8 Å². The molecule has 0 heterocycles. The van der Waals surface area contributed by atoms with Crippen molar-refractivity contribution < 1.29 is 5.11 Å². The van der Waals surface area contributed by atoms with Crippen LogP contribution in [0.1, 0.15) is 39.5 Å². The first kappa shape index (κ1) is 10.0. The Labute approximate surface area is 75.4 Å². The van der Waals surface area contributed by atoms with E-state index < -0.39 is 5.60 Å². The third kappa shape index (κ3) is 2.20. The maximum atomic E-state index is 10.1. The van der Waals surface area contributed by atoms with Crippen molar-refractivity contribution in [3.8, 4) is 0 Å². The predicted molar refractivity (Wildman–Crippen MR) is 51.1 cm³/mol. The molecule has 72 valence electrons. The fraction of sp³-hybridized carbons (Fsp3) is 1.00. The van der Waals surface area contributed by atoms with Crippen molar-refractivity contribution in [1.82, 2.24) is 5.32 Å². The van der Waals surface area contributed by atoms with Gasteiger partial charge in [0.05, 0.1) is 5.60 Å². The summed E-state index contributed by atoms with van der Waals surface area (Å²) in [5, 5.41) is 13.4. The molecule has 0 spiro atoms. The van der Waals surface area contributed by atoms with E-state index in [0.717, 1.165) is 25.9 Å². The van der Waals surface area contributed by atoms with E-state index in [2.05, 4.69) is 19.2 Å². The summed E-state index contributed by atoms with van der Waals surface area (Å²) in [6.07, 6.45) is 4.49. The van der Waals surface area contributed by atoms with E-state index in [0.29, 0.717) is 5.92 Å². The fourth-order valence-corrected chi connectivity index (χ4v) is 1.97. The Morgan fingerprint density at radius 1 is 1.58 bits per heavy atom. The van der Waals surface area contributed by atoms with Crippen molar-refractivity contribution in [3.05, 3.63) is 0 Å². The molecule has 2 nitrogen and oxygen atoms in total. The molecule has 2 N–H and O–H groups in total. The molecule has 0 aromatic rings. The summed E-state index contributed by atoms with van der Waals surface area (Å²) in [6, 6.07) is 0. The van der Waals surface area contributed by atoms with Gasteiger partial charge in [-0.1, -0.05) is 20.3 Å². The number of hydrogen-bond acceptors (Lipinski definition) is 2. The number of aliphatic hydroxyl groups is 1. The summed E-state index contributed by atoms with van der Waals surface area (Å²) < 4.78 is 0. The minimum atomic E-state index is -0.408. The van der Waals surface area contributed by atoms with Gasteiger partial charge in [0.25, 0.3) is 0 Å². The maximum absolute atomic E-state index is 10.1. The second-order valence-electron chi connectivity index (χ2n) is 4.07. The van der Waals surface area contributed by atoms with Crippen LogP contribution in [0.15, 0.2) is 0 Å². The van der Waals surface area contributed by atoms with Crippen molar-refractivity contribution >= 4 is 0 Å². The van der Waals surface area contributed by atoms with Crippen LogP contribution < -0.4 is 5.32 Å². The van der Waals surface area contributed by atoms with E-state index in [4.69, 9.17) is 0 Å². The van der Waals surface area contributed by atoms with Crippen LogP contribution in [-0.4, -0.2) is 23.8 Å². The van der Waals surface area contributed by atoms with Gasteiger partial charge in [0.2, 0.25) is 0 Å². The molecule has 1 fully saturated rings. The first-order valence-electron chi connectivity index (χ1n) is 5.12. The number of nitrogens with one attached hydrogen (secondary N) is 1. The second-order valence-corrected chi connectivity index (χ2v) is 4.07. The molecule has 1 rings (SSSR count). The normalized spacial score (nSPS) is 35.8. The van der Waals surface area contributed by atoms with Gasteiger partial charge in [-0.05, 0) is 31.7 Å². The lowest BCUT2D eigenvalue weighted by molar-refractivity contribution is 0.0102. The third-order valence-electron chi connectivity index (χ3n) is 3.02. The lowest BCUT2D eigenvalue weighted by Crippen LogP contribution is -2.42. The van der Waals surface area contributed by atoms with Crippen LogP contribution in [0.2, 0.25) is 0 Å². The van der Waals surface area contributed by atoms with E-state index in [-0.39, 0.29) is 0 Å². The molecule has 0 aromatic heterocycles. The van der Waals surface area contributed by atoms with Crippen LogP contribution in [0.4, 0.5) is 0 Å². The smallest absolute Gasteiger partial charge is 0.0796 e. The molecule has 1 aliphatic rings. The van der Waals surface area contributed by atoms with Gasteiger partial charge in [0.1, 0.15) is 0 Å². The highest BCUT2D eigenvalue weighted by Gasteiger charge is 2.37. The van der Waals surface area contributed by atoms with Crippen LogP contribution in [0.25, 0.3) is 0 Å². The quantitative estimate of drug-likeness (QED) is 0.629. The lowest BCUT2D eigenvalue weighted by atomic mass is 9.92. The van der Waals surface area contributed by atoms with Crippen molar-refractivity contribution in [2.45, 2.75) is 45.1 Å². The minimum absolute atomic E-state index is 0.408. The fourth-order valence-electron chi connectivity index (χ4n) is 1.97. The van der Waals surface area contributed by atoms with Gasteiger partial charge in [-0.3, -0.25) is 0 Å². The SMILES string of the molecule is CCCNCC1(O)CCCC1C. The molecule has 0 amide bonds. The number of rotatable bonds is 4. The van der Waals surface area contributed by atoms with Gasteiger partial charge in [0.15, 0.2) is 0 Å². The van der Waals surface area contributed by atoms with Gasteiger partial charge >= 0.3 is 0 Å². The molecule has 2 atom stereocenters. The van der Waals surface area contributed by atoms with Gasteiger partial charge in [-0.15, -0.1) is 0 Å². The van der Waals surface area contributed by atoms with Crippen LogP contribution in [0.5, 0.6) is 0 Å². The molecule has 0 bridgehead atoms. The molecule has 0 saturated heterocycles. The van der Waals surface area contributed by atoms with E-state index >= 15 is 0 Å². The summed E-state index contributed by atoms with van der Waals surface area (Å²) in [5.41, 5.74) is -0.408. The topological polar surface area (TPSA) is 32.3 Å². The molecule has 0 aliphatic heterocycles. The molecule has 1 aliphatic carbocycles. The van der Waals surface area contributed by atoms with Gasteiger partial charge in [-0.25, -0.2) is 0 Å². The van der Waals surface area contributed by atoms with Crippen LogP contribution in [0, 0.1) is 5.92 Å². The standard InChI is InChI=1S/C10H21NO/c1-3-7-11-8-10(12)6-4-5-9(10)2/h9,11-12H,3-8H2,1-2H3. The largest absolute Gasteiger partial charge is 0.388 e. The molecular formula is C10H21NO. The van der Waals surface area contributed by atoms with Crippen LogP contribution in [0.3, 0.4) is 0 Å². The summed E-state index contributed by atoms with van der Waals surface area (Å²) >= 11 is 0. The first-order chi connectivity index (χ1) is 5.69. The Balaban J connectivity index is 2.27. The van der Waals surface area contributed by atoms with Crippen molar-refractivity contribution in [1.29, 1.82) is 0 Å². The zero-order valence-corrected chi connectivity index (χ0v) is 8.27. The highest BCUT2D eigenvalue weighted by molar-refractivity contribution is 4.91. The Bertz CT molecular complexity index is 138. The van der Waals surface area contributed by atoms with Crippen molar-refractivity contribution in [2.24, 2.45) is 5.92 Å². The van der Waals surface area contributed by atoms with Crippen molar-refractivity contribution in [2.75, 3.05) is 13.1 Å². The predicted octanol–water partition coefficient (Wildman–Crippen LogP) is 1.54. The zero-order chi connectivity index (χ0) is 9.03. The molecule has 2 unspecified atom stereocenters. The summed E-state index contributed by atoms with van der Waals surface area (Å²) in [6.45, 7) is 6.10.